The molecule has 90 valence electrons. The van der Waals surface area contributed by atoms with Gasteiger partial charge in [0, 0.05) is 24.6 Å². The zero-order chi connectivity index (χ0) is 13.0. The van der Waals surface area contributed by atoms with Crippen molar-refractivity contribution in [3.8, 4) is 6.07 Å². The number of anilines is 1. The maximum atomic E-state index is 8.89. The van der Waals surface area contributed by atoms with Gasteiger partial charge in [-0.25, -0.2) is 0 Å². The first-order valence-electron chi connectivity index (χ1n) is 5.85. The third kappa shape index (κ3) is 2.67. The number of rotatable bonds is 3. The Labute approximate surface area is 107 Å². The van der Waals surface area contributed by atoms with Gasteiger partial charge in [0.2, 0.25) is 0 Å². The van der Waals surface area contributed by atoms with Crippen LogP contribution >= 0.6 is 0 Å². The Hall–Kier alpha value is -2.34. The lowest BCUT2D eigenvalue weighted by Crippen LogP contribution is -2.03. The lowest BCUT2D eigenvalue weighted by Gasteiger charge is -2.11. The van der Waals surface area contributed by atoms with Crippen LogP contribution in [-0.4, -0.2) is 4.98 Å². The second-order valence-electron chi connectivity index (χ2n) is 4.30. The number of aromatic nitrogens is 1. The van der Waals surface area contributed by atoms with E-state index in [1.807, 2.05) is 37.4 Å². The van der Waals surface area contributed by atoms with Crippen LogP contribution in [0, 0.1) is 25.2 Å². The van der Waals surface area contributed by atoms with Gasteiger partial charge < -0.3 is 5.32 Å². The number of pyridine rings is 1. The van der Waals surface area contributed by atoms with E-state index in [1.165, 1.54) is 11.1 Å². The topological polar surface area (TPSA) is 48.7 Å². The highest BCUT2D eigenvalue weighted by Gasteiger charge is 2.02. The van der Waals surface area contributed by atoms with E-state index in [4.69, 9.17) is 5.26 Å². The molecular weight excluding hydrogens is 222 g/mol. The Morgan fingerprint density at radius 3 is 2.78 bits per heavy atom. The van der Waals surface area contributed by atoms with E-state index in [0.717, 1.165) is 17.8 Å². The molecule has 1 aromatic carbocycles. The normalized spacial score (nSPS) is 9.83. The highest BCUT2D eigenvalue weighted by atomic mass is 14.9. The summed E-state index contributed by atoms with van der Waals surface area (Å²) in [4.78, 5) is 4.12. The van der Waals surface area contributed by atoms with Crippen LogP contribution in [0.5, 0.6) is 0 Å². The number of hydrogen-bond acceptors (Lipinski definition) is 3. The summed E-state index contributed by atoms with van der Waals surface area (Å²) in [6.45, 7) is 4.81. The van der Waals surface area contributed by atoms with Gasteiger partial charge in [-0.1, -0.05) is 6.07 Å². The molecule has 0 saturated carbocycles. The minimum atomic E-state index is 0.672. The molecule has 1 aromatic heterocycles. The minimum Gasteiger partial charge on any atom is -0.381 e. The van der Waals surface area contributed by atoms with Crippen LogP contribution in [0.3, 0.4) is 0 Å². The van der Waals surface area contributed by atoms with Crippen molar-refractivity contribution in [2.45, 2.75) is 20.4 Å². The molecule has 0 bridgehead atoms. The second-order valence-corrected chi connectivity index (χ2v) is 4.30. The summed E-state index contributed by atoms with van der Waals surface area (Å²) in [5.74, 6) is 0. The van der Waals surface area contributed by atoms with Crippen LogP contribution in [0.2, 0.25) is 0 Å². The van der Waals surface area contributed by atoms with Gasteiger partial charge in [-0.05, 0) is 48.7 Å². The molecule has 0 aliphatic heterocycles. The van der Waals surface area contributed by atoms with Crippen molar-refractivity contribution in [2.75, 3.05) is 5.32 Å². The van der Waals surface area contributed by atoms with Crippen molar-refractivity contribution in [3.63, 3.8) is 0 Å². The molecule has 0 aliphatic rings. The van der Waals surface area contributed by atoms with E-state index < -0.39 is 0 Å². The quantitative estimate of drug-likeness (QED) is 0.891. The first-order valence-corrected chi connectivity index (χ1v) is 5.85. The molecule has 0 radical (unpaired) electrons. The van der Waals surface area contributed by atoms with Crippen LogP contribution in [-0.2, 0) is 6.54 Å². The van der Waals surface area contributed by atoms with Crippen LogP contribution in [0.4, 0.5) is 5.69 Å². The van der Waals surface area contributed by atoms with E-state index in [9.17, 15) is 0 Å². The minimum absolute atomic E-state index is 0.672. The van der Waals surface area contributed by atoms with Gasteiger partial charge in [-0.2, -0.15) is 5.26 Å². The molecule has 18 heavy (non-hydrogen) atoms. The summed E-state index contributed by atoms with van der Waals surface area (Å²) >= 11 is 0. The van der Waals surface area contributed by atoms with Gasteiger partial charge in [0.15, 0.2) is 0 Å². The smallest absolute Gasteiger partial charge is 0.0992 e. The third-order valence-corrected chi connectivity index (χ3v) is 2.98. The highest BCUT2D eigenvalue weighted by molar-refractivity contribution is 5.55. The van der Waals surface area contributed by atoms with Crippen molar-refractivity contribution >= 4 is 5.69 Å². The van der Waals surface area contributed by atoms with Crippen molar-refractivity contribution in [1.29, 1.82) is 5.26 Å². The molecule has 0 fully saturated rings. The molecule has 0 atom stereocenters. The molecule has 3 nitrogen and oxygen atoms in total. The Balaban J connectivity index is 2.16. The van der Waals surface area contributed by atoms with E-state index >= 15 is 0 Å². The Bertz CT molecular complexity index is 597. The second kappa shape index (κ2) is 5.33. The summed E-state index contributed by atoms with van der Waals surface area (Å²) in [5.41, 5.74) is 5.18. The zero-order valence-corrected chi connectivity index (χ0v) is 10.6. The maximum absolute atomic E-state index is 8.89. The number of nitrogens with one attached hydrogen (secondary N) is 1. The Kier molecular flexibility index (Phi) is 3.59. The first-order chi connectivity index (χ1) is 8.70. The Morgan fingerprint density at radius 1 is 1.22 bits per heavy atom. The Morgan fingerprint density at radius 2 is 2.06 bits per heavy atom. The van der Waals surface area contributed by atoms with Gasteiger partial charge in [0.1, 0.15) is 0 Å². The number of nitrogens with zero attached hydrogens (tertiary/aromatic N) is 2. The molecule has 0 saturated heterocycles. The van der Waals surface area contributed by atoms with Gasteiger partial charge in [-0.15, -0.1) is 0 Å². The average Bonchev–Trinajstić information content (AvgIpc) is 2.39. The van der Waals surface area contributed by atoms with Gasteiger partial charge >= 0.3 is 0 Å². The summed E-state index contributed by atoms with van der Waals surface area (Å²) < 4.78 is 0. The monoisotopic (exact) mass is 237 g/mol. The molecule has 2 rings (SSSR count). The fraction of sp³-hybridized carbons (Fsp3) is 0.200. The van der Waals surface area contributed by atoms with Crippen molar-refractivity contribution in [2.24, 2.45) is 0 Å². The predicted molar refractivity (Wildman–Crippen MR) is 72.2 cm³/mol. The first kappa shape index (κ1) is 12.1. The largest absolute Gasteiger partial charge is 0.381 e. The molecule has 3 heteroatoms. The van der Waals surface area contributed by atoms with Gasteiger partial charge in [0.05, 0.1) is 11.6 Å². The fourth-order valence-corrected chi connectivity index (χ4v) is 1.75. The van der Waals surface area contributed by atoms with Crippen LogP contribution in [0.25, 0.3) is 0 Å². The number of benzene rings is 1. The molecule has 1 N–H and O–H groups in total. The molecule has 0 aliphatic carbocycles. The summed E-state index contributed by atoms with van der Waals surface area (Å²) in [7, 11) is 0. The molecule has 1 heterocycles. The average molecular weight is 237 g/mol. The number of hydrogen-bond donors (Lipinski definition) is 1. The van der Waals surface area contributed by atoms with Crippen LogP contribution < -0.4 is 5.32 Å². The SMILES string of the molecule is Cc1ccncc1CNc1cc(C#N)ccc1C. The van der Waals surface area contributed by atoms with Crippen molar-refractivity contribution in [1.82, 2.24) is 4.98 Å². The van der Waals surface area contributed by atoms with E-state index in [2.05, 4.69) is 23.3 Å². The maximum Gasteiger partial charge on any atom is 0.0992 e. The fourth-order valence-electron chi connectivity index (χ4n) is 1.75. The van der Waals surface area contributed by atoms with Crippen molar-refractivity contribution < 1.29 is 0 Å². The summed E-state index contributed by atoms with van der Waals surface area (Å²) in [6, 6.07) is 9.81. The summed E-state index contributed by atoms with van der Waals surface area (Å²) in [6.07, 6.45) is 3.66. The summed E-state index contributed by atoms with van der Waals surface area (Å²) in [5, 5.41) is 12.2. The van der Waals surface area contributed by atoms with Gasteiger partial charge in [-0.3, -0.25) is 4.98 Å². The van der Waals surface area contributed by atoms with Crippen LogP contribution in [0.1, 0.15) is 22.3 Å². The number of nitriles is 1. The predicted octanol–water partition coefficient (Wildman–Crippen LogP) is 3.18. The molecule has 2 aromatic rings. The van der Waals surface area contributed by atoms with E-state index in [1.54, 1.807) is 6.20 Å². The lowest BCUT2D eigenvalue weighted by molar-refractivity contribution is 1.08. The van der Waals surface area contributed by atoms with Crippen LogP contribution in [0.15, 0.2) is 36.7 Å². The standard InChI is InChI=1S/C15H15N3/c1-11-5-6-17-9-14(11)10-18-15-7-13(8-16)4-3-12(15)2/h3-7,9,18H,10H2,1-2H3. The molecular formula is C15H15N3. The van der Waals surface area contributed by atoms with Gasteiger partial charge in [0.25, 0.3) is 0 Å². The van der Waals surface area contributed by atoms with E-state index in [0.29, 0.717) is 5.56 Å². The van der Waals surface area contributed by atoms with E-state index in [-0.39, 0.29) is 0 Å². The molecule has 0 spiro atoms. The molecule has 0 amide bonds. The highest BCUT2D eigenvalue weighted by Crippen LogP contribution is 2.18. The number of aryl methyl sites for hydroxylation is 2. The lowest BCUT2D eigenvalue weighted by atomic mass is 10.1. The van der Waals surface area contributed by atoms with Crippen molar-refractivity contribution in [3.05, 3.63) is 58.9 Å². The third-order valence-electron chi connectivity index (χ3n) is 2.98. The molecule has 0 unspecified atom stereocenters. The zero-order valence-electron chi connectivity index (χ0n) is 10.6.